The molecule has 0 saturated carbocycles. The van der Waals surface area contributed by atoms with Crippen molar-refractivity contribution in [2.24, 2.45) is 0 Å². The quantitative estimate of drug-likeness (QED) is 0.390. The van der Waals surface area contributed by atoms with Crippen molar-refractivity contribution in [2.45, 2.75) is 13.0 Å². The van der Waals surface area contributed by atoms with Gasteiger partial charge in [-0.2, -0.15) is 5.10 Å². The van der Waals surface area contributed by atoms with Crippen LogP contribution in [0.5, 0.6) is 0 Å². The maximum Gasteiger partial charge on any atom is 0.252 e. The second kappa shape index (κ2) is 9.22. The normalized spacial score (nSPS) is 11.1. The number of nitrogens with one attached hydrogen (secondary N) is 1. The highest BCUT2D eigenvalue weighted by Gasteiger charge is 2.18. The van der Waals surface area contributed by atoms with Gasteiger partial charge in [-0.3, -0.25) is 9.78 Å². The third kappa shape index (κ3) is 4.54. The first-order valence-corrected chi connectivity index (χ1v) is 10.6. The summed E-state index contributed by atoms with van der Waals surface area (Å²) in [6, 6.07) is 12.3. The lowest BCUT2D eigenvalue weighted by Gasteiger charge is -2.10. The summed E-state index contributed by atoms with van der Waals surface area (Å²) in [7, 11) is 0. The second-order valence-corrected chi connectivity index (χ2v) is 7.70. The molecule has 170 valence electrons. The number of carbonyl (C=O) groups is 1. The number of halogens is 2. The Morgan fingerprint density at radius 3 is 2.65 bits per heavy atom. The van der Waals surface area contributed by atoms with E-state index in [9.17, 15) is 13.6 Å². The molecule has 1 N–H and O–H groups in total. The number of rotatable bonds is 7. The summed E-state index contributed by atoms with van der Waals surface area (Å²) in [4.78, 5) is 22.0. The van der Waals surface area contributed by atoms with E-state index in [0.29, 0.717) is 40.2 Å². The Balaban J connectivity index is 1.46. The first kappa shape index (κ1) is 21.4. The molecule has 0 atom stereocenters. The molecule has 0 saturated heterocycles. The fourth-order valence-electron chi connectivity index (χ4n) is 3.73. The molecular formula is C25H19F2N5O2. The molecule has 0 aliphatic carbocycles. The van der Waals surface area contributed by atoms with Crippen LogP contribution in [0.1, 0.15) is 21.7 Å². The largest absolute Gasteiger partial charge is 0.467 e. The third-order valence-corrected chi connectivity index (χ3v) is 5.32. The molecule has 1 amide bonds. The van der Waals surface area contributed by atoms with Crippen molar-refractivity contribution < 1.29 is 18.0 Å². The number of carbonyl (C=O) groups excluding carboxylic acids is 1. The van der Waals surface area contributed by atoms with Gasteiger partial charge in [0.1, 0.15) is 23.9 Å². The first-order valence-electron chi connectivity index (χ1n) is 10.6. The van der Waals surface area contributed by atoms with E-state index in [1.165, 1.54) is 12.1 Å². The van der Waals surface area contributed by atoms with Crippen molar-refractivity contribution in [2.75, 3.05) is 6.54 Å². The number of furan rings is 1. The summed E-state index contributed by atoms with van der Waals surface area (Å²) in [6.07, 6.45) is 6.78. The van der Waals surface area contributed by atoms with Crippen LogP contribution in [0, 0.1) is 11.6 Å². The molecule has 0 aliphatic rings. The lowest BCUT2D eigenvalue weighted by Crippen LogP contribution is -2.26. The Bertz CT molecular complexity index is 1430. The van der Waals surface area contributed by atoms with Crippen LogP contribution in [0.15, 0.2) is 77.8 Å². The molecule has 0 bridgehead atoms. The molecule has 0 radical (unpaired) electrons. The van der Waals surface area contributed by atoms with Crippen molar-refractivity contribution in [3.05, 3.63) is 102 Å². The van der Waals surface area contributed by atoms with Crippen molar-refractivity contribution in [3.8, 4) is 11.3 Å². The maximum atomic E-state index is 13.4. The minimum absolute atomic E-state index is 0.203. The third-order valence-electron chi connectivity index (χ3n) is 5.32. The van der Waals surface area contributed by atoms with Crippen molar-refractivity contribution in [1.29, 1.82) is 0 Å². The summed E-state index contributed by atoms with van der Waals surface area (Å²) in [5.74, 6) is -0.941. The predicted molar refractivity (Wildman–Crippen MR) is 121 cm³/mol. The Morgan fingerprint density at radius 1 is 1.06 bits per heavy atom. The molecule has 4 aromatic heterocycles. The number of hydrogen-bond acceptors (Lipinski definition) is 5. The Morgan fingerprint density at radius 2 is 1.91 bits per heavy atom. The summed E-state index contributed by atoms with van der Waals surface area (Å²) in [6.45, 7) is 0.556. The summed E-state index contributed by atoms with van der Waals surface area (Å²) >= 11 is 0. The van der Waals surface area contributed by atoms with Crippen LogP contribution in [-0.4, -0.2) is 32.2 Å². The van der Waals surface area contributed by atoms with Gasteiger partial charge in [0.25, 0.3) is 5.91 Å². The number of amides is 1. The van der Waals surface area contributed by atoms with E-state index in [1.807, 2.05) is 12.1 Å². The van der Waals surface area contributed by atoms with Crippen LogP contribution in [0.2, 0.25) is 0 Å². The Labute approximate surface area is 193 Å². The monoisotopic (exact) mass is 459 g/mol. The lowest BCUT2D eigenvalue weighted by atomic mass is 10.1. The molecule has 5 aromatic rings. The zero-order chi connectivity index (χ0) is 23.5. The maximum absolute atomic E-state index is 13.4. The van der Waals surface area contributed by atoms with Crippen LogP contribution in [0.3, 0.4) is 0 Å². The molecule has 7 nitrogen and oxygen atoms in total. The van der Waals surface area contributed by atoms with Gasteiger partial charge in [-0.1, -0.05) is 0 Å². The number of pyridine rings is 2. The van der Waals surface area contributed by atoms with Gasteiger partial charge in [-0.25, -0.2) is 18.4 Å². The van der Waals surface area contributed by atoms with Crippen molar-refractivity contribution in [3.63, 3.8) is 0 Å². The lowest BCUT2D eigenvalue weighted by molar-refractivity contribution is 0.0955. The molecule has 1 aromatic carbocycles. The van der Waals surface area contributed by atoms with Gasteiger partial charge in [0, 0.05) is 30.6 Å². The van der Waals surface area contributed by atoms with Gasteiger partial charge in [-0.15, -0.1) is 0 Å². The second-order valence-electron chi connectivity index (χ2n) is 7.70. The zero-order valence-electron chi connectivity index (χ0n) is 17.9. The van der Waals surface area contributed by atoms with Gasteiger partial charge in [-0.05, 0) is 54.4 Å². The van der Waals surface area contributed by atoms with Crippen LogP contribution in [0.4, 0.5) is 8.78 Å². The minimum atomic E-state index is -0.651. The fraction of sp³-hybridized carbons (Fsp3) is 0.120. The standard InChI is InChI=1S/C25H19F2N5O2/c26-18-9-16(10-19(27)11-18)5-7-29-25(33)21-12-23(17-3-1-6-28-13-17)31-24-22(21)14-30-32(24)15-20-4-2-8-34-20/h1-4,6,8-14H,5,7,15H2,(H,29,33). The SMILES string of the molecule is O=C(NCCc1cc(F)cc(F)c1)c1cc(-c2cccnc2)nc2c1cnn2Cc1ccco1. The van der Waals surface area contributed by atoms with Crippen LogP contribution in [-0.2, 0) is 13.0 Å². The molecule has 0 fully saturated rings. The molecule has 0 aliphatic heterocycles. The topological polar surface area (TPSA) is 85.8 Å². The van der Waals surface area contributed by atoms with Gasteiger partial charge < -0.3 is 9.73 Å². The van der Waals surface area contributed by atoms with E-state index >= 15 is 0 Å². The van der Waals surface area contributed by atoms with E-state index in [0.717, 1.165) is 11.6 Å². The minimum Gasteiger partial charge on any atom is -0.467 e. The van der Waals surface area contributed by atoms with Crippen molar-refractivity contribution in [1.82, 2.24) is 25.1 Å². The van der Waals surface area contributed by atoms with E-state index in [2.05, 4.69) is 15.4 Å². The van der Waals surface area contributed by atoms with Crippen LogP contribution >= 0.6 is 0 Å². The summed E-state index contributed by atoms with van der Waals surface area (Å²) in [5.41, 5.74) is 2.69. The fourth-order valence-corrected chi connectivity index (χ4v) is 3.73. The van der Waals surface area contributed by atoms with E-state index in [1.54, 1.807) is 47.7 Å². The van der Waals surface area contributed by atoms with E-state index in [-0.39, 0.29) is 18.9 Å². The molecule has 0 unspecified atom stereocenters. The van der Waals surface area contributed by atoms with E-state index < -0.39 is 11.6 Å². The summed E-state index contributed by atoms with van der Waals surface area (Å²) < 4.78 is 34.0. The highest BCUT2D eigenvalue weighted by molar-refractivity contribution is 6.06. The molecular weight excluding hydrogens is 440 g/mol. The van der Waals surface area contributed by atoms with Crippen LogP contribution < -0.4 is 5.32 Å². The molecule has 5 rings (SSSR count). The molecule has 9 heteroatoms. The zero-order valence-corrected chi connectivity index (χ0v) is 17.9. The predicted octanol–water partition coefficient (Wildman–Crippen LogP) is 4.39. The van der Waals surface area contributed by atoms with Gasteiger partial charge in [0.15, 0.2) is 5.65 Å². The van der Waals surface area contributed by atoms with Gasteiger partial charge >= 0.3 is 0 Å². The smallest absolute Gasteiger partial charge is 0.252 e. The number of nitrogens with zero attached hydrogens (tertiary/aromatic N) is 4. The van der Waals surface area contributed by atoms with Crippen LogP contribution in [0.25, 0.3) is 22.3 Å². The highest BCUT2D eigenvalue weighted by atomic mass is 19.1. The number of aromatic nitrogens is 4. The number of hydrogen-bond donors (Lipinski definition) is 1. The Hall–Kier alpha value is -4.40. The average molecular weight is 459 g/mol. The van der Waals surface area contributed by atoms with E-state index in [4.69, 9.17) is 9.40 Å². The number of fused-ring (bicyclic) bond motifs is 1. The summed E-state index contributed by atoms with van der Waals surface area (Å²) in [5, 5.41) is 7.82. The highest BCUT2D eigenvalue weighted by Crippen LogP contribution is 2.25. The molecule has 0 spiro atoms. The number of benzene rings is 1. The van der Waals surface area contributed by atoms with Gasteiger partial charge in [0.05, 0.1) is 29.1 Å². The average Bonchev–Trinajstić information content (AvgIpc) is 3.49. The van der Waals surface area contributed by atoms with Gasteiger partial charge in [0.2, 0.25) is 0 Å². The van der Waals surface area contributed by atoms with Crippen molar-refractivity contribution >= 4 is 16.9 Å². The first-order chi connectivity index (χ1) is 16.6. The molecule has 34 heavy (non-hydrogen) atoms. The Kier molecular flexibility index (Phi) is 5.82. The molecule has 4 heterocycles.